The molecule has 19 unspecified atom stereocenters. The highest BCUT2D eigenvalue weighted by Crippen LogP contribution is 2.52. The Labute approximate surface area is 291 Å². The predicted molar refractivity (Wildman–Crippen MR) is 161 cm³/mol. The van der Waals surface area contributed by atoms with Crippen LogP contribution >= 0.6 is 0 Å². The molecular weight excluding hydrogens is 688 g/mol. The Morgan fingerprint density at radius 2 is 1.33 bits per heavy atom. The summed E-state index contributed by atoms with van der Waals surface area (Å²) < 4.78 is 40.0. The van der Waals surface area contributed by atoms with Gasteiger partial charge in [0.05, 0.1) is 48.4 Å². The topological polar surface area (TPSA) is 301 Å². The highest BCUT2D eigenvalue weighted by molar-refractivity contribution is 5.90. The lowest BCUT2D eigenvalue weighted by Crippen LogP contribution is -2.60. The Kier molecular flexibility index (Phi) is 11.0. The van der Waals surface area contributed by atoms with Gasteiger partial charge in [0, 0.05) is 17.8 Å². The highest BCUT2D eigenvalue weighted by atomic mass is 16.8. The minimum atomic E-state index is -1.75. The summed E-state index contributed by atoms with van der Waals surface area (Å²) in [4.78, 5) is 26.2. The normalized spacial score (nSPS) is 49.5. The number of fused-ring (bicyclic) bond motifs is 2. The smallest absolute Gasteiger partial charge is 0.337 e. The van der Waals surface area contributed by atoms with Gasteiger partial charge in [0.1, 0.15) is 54.9 Å². The predicted octanol–water partition coefficient (Wildman–Crippen LogP) is -3.85. The van der Waals surface area contributed by atoms with Gasteiger partial charge in [0.15, 0.2) is 12.6 Å². The van der Waals surface area contributed by atoms with E-state index in [1.54, 1.807) is 6.92 Å². The molecule has 6 aliphatic rings. The number of carboxylic acid groups (broad SMARTS) is 1. The van der Waals surface area contributed by atoms with Gasteiger partial charge in [-0.3, -0.25) is 0 Å². The number of hydrogen-bond acceptors (Lipinski definition) is 18. The number of hydrogen-bond donors (Lipinski definition) is 10. The Hall–Kier alpha value is -2.50. The standard InChI is InChI=1S/C32H46O19/c1-10-5-14(18-13(26(41)42)9-45-28(17(10)18)50-30-24(39)22(37)20(35)15(6-33)48-30)47-27(43)12-8-46-29(19-11(12)3-4-32(19,2)44)51-31-25(40)23(38)21(36)16(7-34)49-31/h8-11,14-25,28-31,33-40,44H,3-7H2,1-2H3,(H,41,42). The number of carboxylic acids is 1. The Balaban J connectivity index is 1.19. The summed E-state index contributed by atoms with van der Waals surface area (Å²) >= 11 is 0. The Morgan fingerprint density at radius 3 is 1.88 bits per heavy atom. The zero-order valence-electron chi connectivity index (χ0n) is 27.7. The summed E-state index contributed by atoms with van der Waals surface area (Å²) in [6.07, 6.45) is -16.8. The van der Waals surface area contributed by atoms with Crippen LogP contribution in [-0.4, -0.2) is 162 Å². The van der Waals surface area contributed by atoms with Gasteiger partial charge in [-0.25, -0.2) is 9.59 Å². The number of carbonyl (C=O) groups excluding carboxylic acids is 1. The molecule has 0 radical (unpaired) electrons. The molecule has 288 valence electrons. The van der Waals surface area contributed by atoms with E-state index in [4.69, 9.17) is 33.2 Å². The van der Waals surface area contributed by atoms with Crippen molar-refractivity contribution in [2.75, 3.05) is 13.2 Å². The molecule has 19 atom stereocenters. The van der Waals surface area contributed by atoms with Gasteiger partial charge >= 0.3 is 11.9 Å². The third-order valence-corrected chi connectivity index (χ3v) is 11.2. The maximum atomic E-state index is 13.8. The highest BCUT2D eigenvalue weighted by Gasteiger charge is 2.58. The molecule has 2 saturated carbocycles. The van der Waals surface area contributed by atoms with E-state index < -0.39 is 140 Å². The fourth-order valence-corrected chi connectivity index (χ4v) is 8.38. The van der Waals surface area contributed by atoms with E-state index in [1.807, 2.05) is 0 Å². The molecule has 6 rings (SSSR count). The molecule has 0 spiro atoms. The van der Waals surface area contributed by atoms with Crippen LogP contribution in [0.25, 0.3) is 0 Å². The van der Waals surface area contributed by atoms with Crippen LogP contribution in [0.4, 0.5) is 0 Å². The van der Waals surface area contributed by atoms with Crippen LogP contribution in [0.5, 0.6) is 0 Å². The molecule has 2 saturated heterocycles. The molecular formula is C32H46O19. The lowest BCUT2D eigenvalue weighted by Gasteiger charge is -2.44. The lowest BCUT2D eigenvalue weighted by molar-refractivity contribution is -0.346. The van der Waals surface area contributed by atoms with Gasteiger partial charge in [-0.2, -0.15) is 0 Å². The first kappa shape index (κ1) is 38.2. The van der Waals surface area contributed by atoms with Crippen molar-refractivity contribution in [1.29, 1.82) is 0 Å². The molecule has 0 aromatic rings. The minimum absolute atomic E-state index is 0.0320. The van der Waals surface area contributed by atoms with Gasteiger partial charge in [-0.05, 0) is 32.1 Å². The van der Waals surface area contributed by atoms with Crippen molar-refractivity contribution in [1.82, 2.24) is 0 Å². The van der Waals surface area contributed by atoms with Crippen molar-refractivity contribution in [3.63, 3.8) is 0 Å². The molecule has 19 heteroatoms. The van der Waals surface area contributed by atoms with Crippen molar-refractivity contribution in [3.05, 3.63) is 23.7 Å². The number of aliphatic carboxylic acids is 1. The second-order valence-corrected chi connectivity index (χ2v) is 14.4. The summed E-state index contributed by atoms with van der Waals surface area (Å²) in [7, 11) is 0. The SMILES string of the molecule is CC1CC(OC(=O)C2=COC(OC3OC(CO)C(O)C(O)C3O)C3C2CCC3(C)O)C2C(C(=O)O)=COC(OC3OC(CO)C(O)C(O)C3O)C12. The summed E-state index contributed by atoms with van der Waals surface area (Å²) in [5, 5.41) is 102. The van der Waals surface area contributed by atoms with Crippen LogP contribution in [0.2, 0.25) is 0 Å². The average molecular weight is 735 g/mol. The molecule has 19 nitrogen and oxygen atoms in total. The Bertz CT molecular complexity index is 1350. The average Bonchev–Trinajstić information content (AvgIpc) is 3.60. The molecule has 4 heterocycles. The number of aliphatic hydroxyl groups excluding tert-OH is 8. The van der Waals surface area contributed by atoms with Crippen molar-refractivity contribution in [2.24, 2.45) is 29.6 Å². The molecule has 4 fully saturated rings. The van der Waals surface area contributed by atoms with E-state index in [2.05, 4.69) is 0 Å². The molecule has 2 aliphatic carbocycles. The first-order chi connectivity index (χ1) is 24.1. The fraction of sp³-hybridized carbons (Fsp3) is 0.812. The Morgan fingerprint density at radius 1 is 0.804 bits per heavy atom. The van der Waals surface area contributed by atoms with E-state index >= 15 is 0 Å². The quantitative estimate of drug-likeness (QED) is 0.101. The first-order valence-corrected chi connectivity index (χ1v) is 16.9. The van der Waals surface area contributed by atoms with Gasteiger partial charge in [0.2, 0.25) is 12.6 Å². The number of carbonyl (C=O) groups is 2. The van der Waals surface area contributed by atoms with E-state index in [9.17, 15) is 60.7 Å². The van der Waals surface area contributed by atoms with Crippen molar-refractivity contribution in [3.8, 4) is 0 Å². The molecule has 0 aromatic heterocycles. The monoisotopic (exact) mass is 734 g/mol. The maximum Gasteiger partial charge on any atom is 0.337 e. The second-order valence-electron chi connectivity index (χ2n) is 14.4. The summed E-state index contributed by atoms with van der Waals surface area (Å²) in [6.45, 7) is 1.89. The van der Waals surface area contributed by atoms with Crippen LogP contribution in [0.3, 0.4) is 0 Å². The van der Waals surface area contributed by atoms with Gasteiger partial charge in [-0.15, -0.1) is 0 Å². The van der Waals surface area contributed by atoms with Crippen LogP contribution in [0.15, 0.2) is 23.7 Å². The van der Waals surface area contributed by atoms with E-state index in [0.717, 1.165) is 12.5 Å². The molecule has 51 heavy (non-hydrogen) atoms. The van der Waals surface area contributed by atoms with E-state index in [-0.39, 0.29) is 30.4 Å². The van der Waals surface area contributed by atoms with Crippen LogP contribution in [-0.2, 0) is 42.7 Å². The number of rotatable bonds is 9. The van der Waals surface area contributed by atoms with Gasteiger partial charge in [-0.1, -0.05) is 6.92 Å². The van der Waals surface area contributed by atoms with E-state index in [1.165, 1.54) is 6.92 Å². The van der Waals surface area contributed by atoms with Crippen LogP contribution in [0, 0.1) is 29.6 Å². The third-order valence-electron chi connectivity index (χ3n) is 11.2. The lowest BCUT2D eigenvalue weighted by atomic mass is 9.81. The van der Waals surface area contributed by atoms with Gasteiger partial charge in [0.25, 0.3) is 0 Å². The number of ether oxygens (including phenoxy) is 7. The van der Waals surface area contributed by atoms with Crippen molar-refractivity contribution >= 4 is 11.9 Å². The largest absolute Gasteiger partial charge is 0.478 e. The first-order valence-electron chi connectivity index (χ1n) is 16.9. The summed E-state index contributed by atoms with van der Waals surface area (Å²) in [6, 6.07) is 0. The molecule has 0 amide bonds. The molecule has 4 aliphatic heterocycles. The summed E-state index contributed by atoms with van der Waals surface area (Å²) in [5.74, 6) is -5.93. The van der Waals surface area contributed by atoms with Crippen LogP contribution < -0.4 is 0 Å². The zero-order valence-corrected chi connectivity index (χ0v) is 27.7. The fourth-order valence-electron chi connectivity index (χ4n) is 8.38. The van der Waals surface area contributed by atoms with E-state index in [0.29, 0.717) is 0 Å². The van der Waals surface area contributed by atoms with Crippen molar-refractivity contribution in [2.45, 2.75) is 119 Å². The van der Waals surface area contributed by atoms with Crippen LogP contribution in [0.1, 0.15) is 33.1 Å². The molecule has 0 aromatic carbocycles. The van der Waals surface area contributed by atoms with Gasteiger partial charge < -0.3 is 84.2 Å². The maximum absolute atomic E-state index is 13.8. The third kappa shape index (κ3) is 6.89. The zero-order chi connectivity index (χ0) is 37.1. The second kappa shape index (κ2) is 14.7. The van der Waals surface area contributed by atoms with Crippen molar-refractivity contribution < 1.29 is 93.8 Å². The molecule has 0 bridgehead atoms. The minimum Gasteiger partial charge on any atom is -0.478 e. The number of esters is 1. The summed E-state index contributed by atoms with van der Waals surface area (Å²) in [5.41, 5.74) is -1.63. The molecule has 10 N–H and O–H groups in total. The number of aliphatic hydroxyl groups is 9.